The predicted molar refractivity (Wildman–Crippen MR) is 75.6 cm³/mol. The molecule has 0 aliphatic rings. The van der Waals surface area contributed by atoms with Gasteiger partial charge in [0.2, 0.25) is 5.91 Å². The van der Waals surface area contributed by atoms with E-state index < -0.39 is 0 Å². The van der Waals surface area contributed by atoms with Gasteiger partial charge in [-0.3, -0.25) is 4.79 Å². The van der Waals surface area contributed by atoms with Crippen molar-refractivity contribution in [1.82, 2.24) is 0 Å². The molecule has 0 saturated carbocycles. The van der Waals surface area contributed by atoms with Crippen molar-refractivity contribution in [2.24, 2.45) is 0 Å². The molecular weight excluding hydrogens is 230 g/mol. The molecule has 0 radical (unpaired) electrons. The van der Waals surface area contributed by atoms with Crippen LogP contribution in [0.25, 0.3) is 10.8 Å². The van der Waals surface area contributed by atoms with Crippen molar-refractivity contribution in [3.8, 4) is 0 Å². The Morgan fingerprint density at radius 2 is 1.94 bits per heavy atom. The van der Waals surface area contributed by atoms with Crippen molar-refractivity contribution in [1.29, 1.82) is 0 Å². The Morgan fingerprint density at radius 1 is 1.18 bits per heavy atom. The summed E-state index contributed by atoms with van der Waals surface area (Å²) in [6.45, 7) is 0. The van der Waals surface area contributed by atoms with Crippen LogP contribution in [0.5, 0.6) is 0 Å². The fraction of sp³-hybridized carbons (Fsp3) is 0.214. The zero-order valence-electron chi connectivity index (χ0n) is 9.77. The molecule has 2 rings (SSSR count). The van der Waals surface area contributed by atoms with E-state index in [-0.39, 0.29) is 5.91 Å². The van der Waals surface area contributed by atoms with Crippen LogP contribution in [0.15, 0.2) is 42.5 Å². The first-order valence-electron chi connectivity index (χ1n) is 5.58. The molecule has 2 nitrogen and oxygen atoms in total. The summed E-state index contributed by atoms with van der Waals surface area (Å²) in [5.74, 6) is 0.937. The summed E-state index contributed by atoms with van der Waals surface area (Å²) in [5, 5.41) is 5.21. The number of carbonyl (C=O) groups excluding carboxylic acids is 1. The van der Waals surface area contributed by atoms with Gasteiger partial charge in [-0.1, -0.05) is 36.4 Å². The largest absolute Gasteiger partial charge is 0.325 e. The van der Waals surface area contributed by atoms with Crippen LogP contribution in [0.4, 0.5) is 5.69 Å². The number of nitrogens with one attached hydrogen (secondary N) is 1. The van der Waals surface area contributed by atoms with E-state index in [0.717, 1.165) is 22.2 Å². The Morgan fingerprint density at radius 3 is 2.76 bits per heavy atom. The van der Waals surface area contributed by atoms with Crippen molar-refractivity contribution in [2.75, 3.05) is 17.3 Å². The minimum Gasteiger partial charge on any atom is -0.325 e. The van der Waals surface area contributed by atoms with Gasteiger partial charge in [0.15, 0.2) is 0 Å². The van der Waals surface area contributed by atoms with Gasteiger partial charge in [-0.25, -0.2) is 0 Å². The summed E-state index contributed by atoms with van der Waals surface area (Å²) in [6.07, 6.45) is 2.57. The van der Waals surface area contributed by atoms with Crippen LogP contribution >= 0.6 is 11.8 Å². The SMILES string of the molecule is CSCCC(=O)Nc1cccc2ccccc12. The zero-order valence-corrected chi connectivity index (χ0v) is 10.6. The lowest BCUT2D eigenvalue weighted by atomic mass is 10.1. The normalized spacial score (nSPS) is 10.4. The lowest BCUT2D eigenvalue weighted by Gasteiger charge is -2.08. The summed E-state index contributed by atoms with van der Waals surface area (Å²) in [4.78, 5) is 11.7. The zero-order chi connectivity index (χ0) is 12.1. The fourth-order valence-corrected chi connectivity index (χ4v) is 2.13. The second-order valence-electron chi connectivity index (χ2n) is 3.82. The lowest BCUT2D eigenvalue weighted by molar-refractivity contribution is -0.115. The Hall–Kier alpha value is -1.48. The summed E-state index contributed by atoms with van der Waals surface area (Å²) in [6, 6.07) is 14.0. The molecule has 0 aliphatic carbocycles. The van der Waals surface area contributed by atoms with Crippen molar-refractivity contribution in [3.63, 3.8) is 0 Å². The second-order valence-corrected chi connectivity index (χ2v) is 4.80. The molecule has 0 aliphatic heterocycles. The van der Waals surface area contributed by atoms with E-state index in [4.69, 9.17) is 0 Å². The van der Waals surface area contributed by atoms with Gasteiger partial charge in [0, 0.05) is 23.2 Å². The highest BCUT2D eigenvalue weighted by Gasteiger charge is 2.04. The van der Waals surface area contributed by atoms with Gasteiger partial charge in [-0.2, -0.15) is 11.8 Å². The highest BCUT2D eigenvalue weighted by Crippen LogP contribution is 2.23. The minimum absolute atomic E-state index is 0.0794. The number of anilines is 1. The Kier molecular flexibility index (Phi) is 4.04. The first-order valence-corrected chi connectivity index (χ1v) is 6.97. The van der Waals surface area contributed by atoms with Gasteiger partial charge in [0.05, 0.1) is 0 Å². The van der Waals surface area contributed by atoms with Gasteiger partial charge >= 0.3 is 0 Å². The molecule has 0 fully saturated rings. The van der Waals surface area contributed by atoms with Crippen molar-refractivity contribution in [3.05, 3.63) is 42.5 Å². The molecule has 3 heteroatoms. The maximum absolute atomic E-state index is 11.7. The topological polar surface area (TPSA) is 29.1 Å². The average molecular weight is 245 g/mol. The maximum Gasteiger partial charge on any atom is 0.225 e. The molecule has 2 aromatic carbocycles. The summed E-state index contributed by atoms with van der Waals surface area (Å²) in [7, 11) is 0. The van der Waals surface area contributed by atoms with E-state index in [1.807, 2.05) is 48.7 Å². The fourth-order valence-electron chi connectivity index (χ4n) is 1.74. The standard InChI is InChI=1S/C14H15NOS/c1-17-10-9-14(16)15-13-8-4-6-11-5-2-3-7-12(11)13/h2-8H,9-10H2,1H3,(H,15,16). The molecule has 2 aromatic rings. The second kappa shape index (κ2) is 5.73. The third-order valence-corrected chi connectivity index (χ3v) is 3.21. The van der Waals surface area contributed by atoms with Crippen LogP contribution in [-0.4, -0.2) is 17.9 Å². The molecule has 17 heavy (non-hydrogen) atoms. The van der Waals surface area contributed by atoms with Gasteiger partial charge < -0.3 is 5.32 Å². The summed E-state index contributed by atoms with van der Waals surface area (Å²) < 4.78 is 0. The number of carbonyl (C=O) groups is 1. The van der Waals surface area contributed by atoms with Crippen LogP contribution < -0.4 is 5.32 Å². The van der Waals surface area contributed by atoms with Crippen LogP contribution in [0.2, 0.25) is 0 Å². The van der Waals surface area contributed by atoms with Crippen LogP contribution in [0.1, 0.15) is 6.42 Å². The van der Waals surface area contributed by atoms with Crippen molar-refractivity contribution in [2.45, 2.75) is 6.42 Å². The average Bonchev–Trinajstić information content (AvgIpc) is 2.37. The van der Waals surface area contributed by atoms with Gasteiger partial charge in [-0.05, 0) is 17.7 Å². The predicted octanol–water partition coefficient (Wildman–Crippen LogP) is 3.53. The molecule has 1 N–H and O–H groups in total. The Balaban J connectivity index is 2.21. The maximum atomic E-state index is 11.7. The Bertz CT molecular complexity index is 519. The van der Waals surface area contributed by atoms with E-state index in [9.17, 15) is 4.79 Å². The third kappa shape index (κ3) is 3.01. The van der Waals surface area contributed by atoms with E-state index in [1.54, 1.807) is 11.8 Å². The van der Waals surface area contributed by atoms with Crippen LogP contribution in [0.3, 0.4) is 0 Å². The van der Waals surface area contributed by atoms with E-state index in [0.29, 0.717) is 6.42 Å². The lowest BCUT2D eigenvalue weighted by Crippen LogP contribution is -2.12. The van der Waals surface area contributed by atoms with E-state index in [2.05, 4.69) is 5.32 Å². The number of benzene rings is 2. The molecule has 0 spiro atoms. The first kappa shape index (κ1) is 12.0. The van der Waals surface area contributed by atoms with Crippen LogP contribution in [0, 0.1) is 0 Å². The molecule has 0 aromatic heterocycles. The number of hydrogen-bond donors (Lipinski definition) is 1. The number of fused-ring (bicyclic) bond motifs is 1. The Labute approximate surface area is 105 Å². The molecule has 0 bridgehead atoms. The van der Waals surface area contributed by atoms with E-state index in [1.165, 1.54) is 0 Å². The number of amides is 1. The summed E-state index contributed by atoms with van der Waals surface area (Å²) in [5.41, 5.74) is 0.897. The van der Waals surface area contributed by atoms with Crippen LogP contribution in [-0.2, 0) is 4.79 Å². The third-order valence-electron chi connectivity index (χ3n) is 2.60. The molecule has 1 amide bonds. The van der Waals surface area contributed by atoms with Crippen molar-refractivity contribution >= 4 is 34.1 Å². The number of rotatable bonds is 4. The van der Waals surface area contributed by atoms with Gasteiger partial charge in [0.25, 0.3) is 0 Å². The molecule has 0 atom stereocenters. The highest BCUT2D eigenvalue weighted by molar-refractivity contribution is 7.98. The molecule has 0 heterocycles. The highest BCUT2D eigenvalue weighted by atomic mass is 32.2. The van der Waals surface area contributed by atoms with Crippen molar-refractivity contribution < 1.29 is 4.79 Å². The molecule has 0 saturated heterocycles. The quantitative estimate of drug-likeness (QED) is 0.892. The molecule has 0 unspecified atom stereocenters. The van der Waals surface area contributed by atoms with Gasteiger partial charge in [0.1, 0.15) is 0 Å². The number of thioether (sulfide) groups is 1. The van der Waals surface area contributed by atoms with Gasteiger partial charge in [-0.15, -0.1) is 0 Å². The molecular formula is C14H15NOS. The minimum atomic E-state index is 0.0794. The smallest absolute Gasteiger partial charge is 0.225 e. The molecule has 88 valence electrons. The summed E-state index contributed by atoms with van der Waals surface area (Å²) >= 11 is 1.68. The van der Waals surface area contributed by atoms with E-state index >= 15 is 0 Å². The monoisotopic (exact) mass is 245 g/mol. The number of hydrogen-bond acceptors (Lipinski definition) is 2. The first-order chi connectivity index (χ1) is 8.31.